The molecule has 0 bridgehead atoms. The van der Waals surface area contributed by atoms with Crippen LogP contribution < -0.4 is 10.2 Å². The van der Waals surface area contributed by atoms with Crippen LogP contribution in [-0.2, 0) is 26.0 Å². The van der Waals surface area contributed by atoms with E-state index < -0.39 is 10.0 Å². The lowest BCUT2D eigenvalue weighted by molar-refractivity contribution is -0.122. The van der Waals surface area contributed by atoms with Gasteiger partial charge in [0.1, 0.15) is 0 Å². The van der Waals surface area contributed by atoms with Crippen molar-refractivity contribution in [2.75, 3.05) is 31.1 Å². The fraction of sp³-hybridized carbons (Fsp3) is 0.467. The third-order valence-corrected chi connectivity index (χ3v) is 6.03. The summed E-state index contributed by atoms with van der Waals surface area (Å²) < 4.78 is 26.6. The van der Waals surface area contributed by atoms with Crippen molar-refractivity contribution in [2.45, 2.75) is 24.7 Å². The molecule has 2 aliphatic heterocycles. The lowest BCUT2D eigenvalue weighted by Gasteiger charge is -2.30. The summed E-state index contributed by atoms with van der Waals surface area (Å²) in [6.45, 7) is 2.59. The van der Waals surface area contributed by atoms with Crippen LogP contribution in [0.4, 0.5) is 5.69 Å². The molecule has 1 aromatic carbocycles. The van der Waals surface area contributed by atoms with E-state index in [1.54, 1.807) is 17.0 Å². The Morgan fingerprint density at radius 3 is 2.74 bits per heavy atom. The Bertz CT molecular complexity index is 760. The second kappa shape index (κ2) is 5.93. The molecule has 0 spiro atoms. The SMILES string of the molecule is CC(=O)N1CCCc2cc(S(=O)(=O)N3CCNC(=O)C3)ccc21. The quantitative estimate of drug-likeness (QED) is 0.830. The number of hydrogen-bond acceptors (Lipinski definition) is 4. The van der Waals surface area contributed by atoms with E-state index in [9.17, 15) is 18.0 Å². The van der Waals surface area contributed by atoms with Crippen LogP contribution >= 0.6 is 0 Å². The van der Waals surface area contributed by atoms with Crippen molar-refractivity contribution in [3.05, 3.63) is 23.8 Å². The van der Waals surface area contributed by atoms with E-state index in [0.717, 1.165) is 24.1 Å². The fourth-order valence-electron chi connectivity index (χ4n) is 3.03. The third-order valence-electron chi connectivity index (χ3n) is 4.19. The summed E-state index contributed by atoms with van der Waals surface area (Å²) in [5.74, 6) is -0.338. The Balaban J connectivity index is 1.95. The number of carbonyl (C=O) groups is 2. The van der Waals surface area contributed by atoms with Crippen molar-refractivity contribution in [1.82, 2.24) is 9.62 Å². The number of carbonyl (C=O) groups excluding carboxylic acids is 2. The van der Waals surface area contributed by atoms with Gasteiger partial charge in [-0.3, -0.25) is 9.59 Å². The van der Waals surface area contributed by atoms with Gasteiger partial charge in [0.25, 0.3) is 0 Å². The van der Waals surface area contributed by atoms with E-state index in [2.05, 4.69) is 5.32 Å². The first-order valence-corrected chi connectivity index (χ1v) is 9.01. The van der Waals surface area contributed by atoms with E-state index in [-0.39, 0.29) is 29.8 Å². The van der Waals surface area contributed by atoms with E-state index in [1.165, 1.54) is 17.3 Å². The van der Waals surface area contributed by atoms with Crippen LogP contribution in [0.15, 0.2) is 23.1 Å². The minimum atomic E-state index is -3.70. The number of fused-ring (bicyclic) bond motifs is 1. The van der Waals surface area contributed by atoms with Gasteiger partial charge in [0.15, 0.2) is 0 Å². The van der Waals surface area contributed by atoms with Crippen LogP contribution in [0.5, 0.6) is 0 Å². The number of benzene rings is 1. The highest BCUT2D eigenvalue weighted by Crippen LogP contribution is 2.30. The zero-order chi connectivity index (χ0) is 16.6. The van der Waals surface area contributed by atoms with Crippen LogP contribution in [0.3, 0.4) is 0 Å². The zero-order valence-corrected chi connectivity index (χ0v) is 13.7. The average molecular weight is 337 g/mol. The first-order chi connectivity index (χ1) is 10.9. The molecule has 0 saturated carbocycles. The largest absolute Gasteiger partial charge is 0.354 e. The first-order valence-electron chi connectivity index (χ1n) is 7.57. The van der Waals surface area contributed by atoms with Crippen LogP contribution in [0.25, 0.3) is 0 Å². The summed E-state index contributed by atoms with van der Waals surface area (Å²) >= 11 is 0. The molecule has 23 heavy (non-hydrogen) atoms. The average Bonchev–Trinajstić information content (AvgIpc) is 2.53. The van der Waals surface area contributed by atoms with Gasteiger partial charge < -0.3 is 10.2 Å². The number of rotatable bonds is 2. The van der Waals surface area contributed by atoms with Crippen LogP contribution in [0.2, 0.25) is 0 Å². The highest BCUT2D eigenvalue weighted by Gasteiger charge is 2.30. The molecule has 1 N–H and O–H groups in total. The molecule has 0 unspecified atom stereocenters. The van der Waals surface area contributed by atoms with Crippen molar-refractivity contribution < 1.29 is 18.0 Å². The number of sulfonamides is 1. The molecule has 0 aliphatic carbocycles. The van der Waals surface area contributed by atoms with Crippen LogP contribution in [-0.4, -0.2) is 50.7 Å². The molecule has 7 nitrogen and oxygen atoms in total. The van der Waals surface area contributed by atoms with Gasteiger partial charge in [0.2, 0.25) is 21.8 Å². The van der Waals surface area contributed by atoms with Gasteiger partial charge in [0.05, 0.1) is 11.4 Å². The maximum atomic E-state index is 12.7. The molecule has 3 rings (SSSR count). The summed E-state index contributed by atoms with van der Waals surface area (Å²) in [7, 11) is -3.70. The second-order valence-electron chi connectivity index (χ2n) is 5.75. The predicted octanol–water partition coefficient (Wildman–Crippen LogP) is 0.106. The van der Waals surface area contributed by atoms with Crippen LogP contribution in [0.1, 0.15) is 18.9 Å². The molecule has 2 amide bonds. The first kappa shape index (κ1) is 15.9. The summed E-state index contributed by atoms with van der Waals surface area (Å²) in [5, 5.41) is 2.61. The fourth-order valence-corrected chi connectivity index (χ4v) is 4.48. The second-order valence-corrected chi connectivity index (χ2v) is 7.69. The highest BCUT2D eigenvalue weighted by molar-refractivity contribution is 7.89. The van der Waals surface area contributed by atoms with Gasteiger partial charge in [0, 0.05) is 32.2 Å². The van der Waals surface area contributed by atoms with Crippen molar-refractivity contribution in [3.63, 3.8) is 0 Å². The van der Waals surface area contributed by atoms with E-state index in [0.29, 0.717) is 13.1 Å². The molecule has 2 heterocycles. The molecular formula is C15H19N3O4S. The van der Waals surface area contributed by atoms with Crippen molar-refractivity contribution in [1.29, 1.82) is 0 Å². The van der Waals surface area contributed by atoms with Gasteiger partial charge >= 0.3 is 0 Å². The maximum absolute atomic E-state index is 12.7. The zero-order valence-electron chi connectivity index (χ0n) is 12.9. The molecule has 0 radical (unpaired) electrons. The molecule has 1 aromatic rings. The van der Waals surface area contributed by atoms with Gasteiger partial charge in [-0.05, 0) is 36.6 Å². The van der Waals surface area contributed by atoms with Crippen LogP contribution in [0, 0.1) is 0 Å². The van der Waals surface area contributed by atoms with E-state index in [1.807, 2.05) is 0 Å². The lowest BCUT2D eigenvalue weighted by Crippen LogP contribution is -2.49. The normalized spacial score (nSPS) is 19.2. The van der Waals surface area contributed by atoms with Crippen molar-refractivity contribution in [3.8, 4) is 0 Å². The van der Waals surface area contributed by atoms with Gasteiger partial charge in [-0.25, -0.2) is 8.42 Å². The third kappa shape index (κ3) is 2.96. The summed E-state index contributed by atoms with van der Waals surface area (Å²) in [5.41, 5.74) is 1.63. The Morgan fingerprint density at radius 1 is 1.26 bits per heavy atom. The van der Waals surface area contributed by atoms with Crippen molar-refractivity contribution >= 4 is 27.5 Å². The smallest absolute Gasteiger partial charge is 0.243 e. The molecule has 124 valence electrons. The highest BCUT2D eigenvalue weighted by atomic mass is 32.2. The Morgan fingerprint density at radius 2 is 2.04 bits per heavy atom. The maximum Gasteiger partial charge on any atom is 0.243 e. The van der Waals surface area contributed by atoms with Gasteiger partial charge in [-0.2, -0.15) is 4.31 Å². The number of hydrogen-bond donors (Lipinski definition) is 1. The number of piperazine rings is 1. The summed E-state index contributed by atoms with van der Waals surface area (Å²) in [6, 6.07) is 4.83. The van der Waals surface area contributed by atoms with Gasteiger partial charge in [-0.15, -0.1) is 0 Å². The summed E-state index contributed by atoms with van der Waals surface area (Å²) in [4.78, 5) is 25.0. The number of nitrogens with zero attached hydrogens (tertiary/aromatic N) is 2. The van der Waals surface area contributed by atoms with Crippen molar-refractivity contribution in [2.24, 2.45) is 0 Å². The van der Waals surface area contributed by atoms with E-state index >= 15 is 0 Å². The van der Waals surface area contributed by atoms with Gasteiger partial charge in [-0.1, -0.05) is 0 Å². The molecule has 1 saturated heterocycles. The van der Waals surface area contributed by atoms with E-state index in [4.69, 9.17) is 0 Å². The topological polar surface area (TPSA) is 86.8 Å². The molecule has 1 fully saturated rings. The molecule has 2 aliphatic rings. The Labute approximate surface area is 135 Å². The Hall–Kier alpha value is -1.93. The molecule has 0 aromatic heterocycles. The Kier molecular flexibility index (Phi) is 4.11. The lowest BCUT2D eigenvalue weighted by atomic mass is 10.0. The number of amides is 2. The monoisotopic (exact) mass is 337 g/mol. The molecular weight excluding hydrogens is 318 g/mol. The minimum absolute atomic E-state index is 0.0470. The minimum Gasteiger partial charge on any atom is -0.354 e. The molecule has 8 heteroatoms. The summed E-state index contributed by atoms with van der Waals surface area (Å²) in [6.07, 6.45) is 1.55. The standard InChI is InChI=1S/C15H19N3O4S/c1-11(19)18-7-2-3-12-9-13(4-5-14(12)18)23(21,22)17-8-6-16-15(20)10-17/h4-5,9H,2-3,6-8,10H2,1H3,(H,16,20). The number of anilines is 1. The predicted molar refractivity (Wildman–Crippen MR) is 84.6 cm³/mol. The number of aryl methyl sites for hydroxylation is 1. The molecule has 0 atom stereocenters. The number of nitrogens with one attached hydrogen (secondary N) is 1.